The summed E-state index contributed by atoms with van der Waals surface area (Å²) >= 11 is 1.07. The summed E-state index contributed by atoms with van der Waals surface area (Å²) in [7, 11) is 2.45. The standard InChI is InChI=1S/C11H10N2O5S/c1-16-10(14)13-7-4-3-6(18-11(15)17-2)5-8(7)19-9(13)12/h3-5,12H,1-2H3. The van der Waals surface area contributed by atoms with Gasteiger partial charge >= 0.3 is 12.2 Å². The third-order valence-corrected chi connectivity index (χ3v) is 3.23. The van der Waals surface area contributed by atoms with Gasteiger partial charge in [-0.3, -0.25) is 5.41 Å². The first-order valence-electron chi connectivity index (χ1n) is 5.11. The van der Waals surface area contributed by atoms with Gasteiger partial charge in [-0.25, -0.2) is 14.2 Å². The van der Waals surface area contributed by atoms with Crippen LogP contribution in [-0.4, -0.2) is 31.0 Å². The fraction of sp³-hybridized carbons (Fsp3) is 0.182. The van der Waals surface area contributed by atoms with Gasteiger partial charge in [0.2, 0.25) is 0 Å². The zero-order valence-corrected chi connectivity index (χ0v) is 10.9. The molecule has 0 radical (unpaired) electrons. The van der Waals surface area contributed by atoms with E-state index < -0.39 is 12.2 Å². The van der Waals surface area contributed by atoms with E-state index in [1.54, 1.807) is 12.1 Å². The molecule has 8 heteroatoms. The molecule has 100 valence electrons. The van der Waals surface area contributed by atoms with Gasteiger partial charge in [-0.2, -0.15) is 0 Å². The number of benzene rings is 1. The fourth-order valence-electron chi connectivity index (χ4n) is 1.49. The maximum atomic E-state index is 11.5. The summed E-state index contributed by atoms with van der Waals surface area (Å²) in [6, 6.07) is 4.62. The Kier molecular flexibility index (Phi) is 3.52. The fourth-order valence-corrected chi connectivity index (χ4v) is 2.41. The summed E-state index contributed by atoms with van der Waals surface area (Å²) in [4.78, 5) is 22.6. The second-order valence-electron chi connectivity index (χ2n) is 3.40. The van der Waals surface area contributed by atoms with E-state index in [1.807, 2.05) is 0 Å². The van der Waals surface area contributed by atoms with Crippen molar-refractivity contribution in [2.45, 2.75) is 0 Å². The predicted molar refractivity (Wildman–Crippen MR) is 66.5 cm³/mol. The van der Waals surface area contributed by atoms with Gasteiger partial charge in [0.15, 0.2) is 4.80 Å². The van der Waals surface area contributed by atoms with Crippen molar-refractivity contribution in [1.29, 1.82) is 5.41 Å². The summed E-state index contributed by atoms with van der Waals surface area (Å²) in [6.07, 6.45) is -1.47. The van der Waals surface area contributed by atoms with E-state index in [9.17, 15) is 9.59 Å². The lowest BCUT2D eigenvalue weighted by molar-refractivity contribution is 0.121. The summed E-state index contributed by atoms with van der Waals surface area (Å²) < 4.78 is 15.6. The highest BCUT2D eigenvalue weighted by Gasteiger charge is 2.14. The Bertz CT molecular complexity index is 703. The molecule has 0 unspecified atom stereocenters. The van der Waals surface area contributed by atoms with Gasteiger partial charge in [-0.05, 0) is 12.1 Å². The molecular weight excluding hydrogens is 272 g/mol. The number of hydrogen-bond acceptors (Lipinski definition) is 7. The van der Waals surface area contributed by atoms with Crippen LogP contribution >= 0.6 is 11.3 Å². The Labute approximate surface area is 111 Å². The van der Waals surface area contributed by atoms with Gasteiger partial charge in [0.25, 0.3) is 0 Å². The van der Waals surface area contributed by atoms with Crippen LogP contribution in [0.15, 0.2) is 18.2 Å². The monoisotopic (exact) mass is 282 g/mol. The third kappa shape index (κ3) is 2.43. The number of nitrogens with one attached hydrogen (secondary N) is 1. The highest BCUT2D eigenvalue weighted by Crippen LogP contribution is 2.23. The first-order valence-corrected chi connectivity index (χ1v) is 5.92. The van der Waals surface area contributed by atoms with Crippen molar-refractivity contribution >= 4 is 33.8 Å². The molecule has 7 nitrogen and oxygen atoms in total. The van der Waals surface area contributed by atoms with Gasteiger partial charge in [-0.15, -0.1) is 0 Å². The zero-order valence-electron chi connectivity index (χ0n) is 10.1. The van der Waals surface area contributed by atoms with Crippen LogP contribution in [0.4, 0.5) is 9.59 Å². The SMILES string of the molecule is COC(=O)Oc1ccc2c(c1)sc(=N)n2C(=O)OC. The first kappa shape index (κ1) is 13.1. The molecule has 1 N–H and O–H groups in total. The average Bonchev–Trinajstić information content (AvgIpc) is 2.72. The van der Waals surface area contributed by atoms with E-state index in [4.69, 9.17) is 10.1 Å². The molecule has 19 heavy (non-hydrogen) atoms. The highest BCUT2D eigenvalue weighted by molar-refractivity contribution is 7.16. The molecule has 1 aromatic heterocycles. The topological polar surface area (TPSA) is 90.6 Å². The number of nitrogens with zero attached hydrogens (tertiary/aromatic N) is 1. The molecule has 2 rings (SSSR count). The molecule has 0 amide bonds. The molecule has 0 aliphatic rings. The highest BCUT2D eigenvalue weighted by atomic mass is 32.1. The number of fused-ring (bicyclic) bond motifs is 1. The summed E-state index contributed by atoms with van der Waals surface area (Å²) in [5, 5.41) is 7.73. The van der Waals surface area contributed by atoms with E-state index in [2.05, 4.69) is 9.47 Å². The van der Waals surface area contributed by atoms with Crippen molar-refractivity contribution in [3.8, 4) is 5.75 Å². The van der Waals surface area contributed by atoms with Crippen LogP contribution in [0.5, 0.6) is 5.75 Å². The molecule has 0 saturated carbocycles. The van der Waals surface area contributed by atoms with Crippen LogP contribution in [0.2, 0.25) is 0 Å². The summed E-state index contributed by atoms with van der Waals surface area (Å²) in [6.45, 7) is 0. The maximum Gasteiger partial charge on any atom is 0.513 e. The van der Waals surface area contributed by atoms with E-state index in [0.717, 1.165) is 15.9 Å². The van der Waals surface area contributed by atoms with Crippen molar-refractivity contribution in [3.63, 3.8) is 0 Å². The van der Waals surface area contributed by atoms with Gasteiger partial charge < -0.3 is 14.2 Å². The largest absolute Gasteiger partial charge is 0.513 e. The van der Waals surface area contributed by atoms with Gasteiger partial charge in [0.1, 0.15) is 5.75 Å². The molecule has 0 spiro atoms. The van der Waals surface area contributed by atoms with Crippen LogP contribution < -0.4 is 9.54 Å². The van der Waals surface area contributed by atoms with E-state index in [-0.39, 0.29) is 10.6 Å². The molecule has 0 atom stereocenters. The Morgan fingerprint density at radius 2 is 2.00 bits per heavy atom. The predicted octanol–water partition coefficient (Wildman–Crippen LogP) is 1.94. The molecule has 0 aliphatic carbocycles. The Hall–Kier alpha value is -2.35. The Morgan fingerprint density at radius 1 is 1.26 bits per heavy atom. The molecule has 2 aromatic rings. The molecule has 0 saturated heterocycles. The van der Waals surface area contributed by atoms with Crippen molar-refractivity contribution < 1.29 is 23.8 Å². The van der Waals surface area contributed by atoms with Gasteiger partial charge in [0.05, 0.1) is 24.4 Å². The molecule has 1 aromatic carbocycles. The number of carbonyl (C=O) groups is 2. The summed E-state index contributed by atoms with van der Waals surface area (Å²) in [5.74, 6) is 0.276. The zero-order chi connectivity index (χ0) is 14.0. The number of methoxy groups -OCH3 is 2. The van der Waals surface area contributed by atoms with Crippen molar-refractivity contribution in [2.75, 3.05) is 14.2 Å². The van der Waals surface area contributed by atoms with Crippen molar-refractivity contribution in [2.24, 2.45) is 0 Å². The Balaban J connectivity index is 2.49. The molecule has 1 heterocycles. The second-order valence-corrected chi connectivity index (χ2v) is 4.43. The van der Waals surface area contributed by atoms with E-state index in [1.165, 1.54) is 20.3 Å². The average molecular weight is 282 g/mol. The quantitative estimate of drug-likeness (QED) is 0.637. The molecule has 0 bridgehead atoms. The second kappa shape index (κ2) is 5.11. The lowest BCUT2D eigenvalue weighted by Crippen LogP contribution is -2.21. The van der Waals surface area contributed by atoms with E-state index in [0.29, 0.717) is 10.2 Å². The molecular formula is C11H10N2O5S. The summed E-state index contributed by atoms with van der Waals surface area (Å²) in [5.41, 5.74) is 0.513. The number of hydrogen-bond donors (Lipinski definition) is 1. The minimum atomic E-state index is -0.831. The Morgan fingerprint density at radius 3 is 2.63 bits per heavy atom. The first-order chi connectivity index (χ1) is 9.06. The van der Waals surface area contributed by atoms with Crippen molar-refractivity contribution in [1.82, 2.24) is 4.57 Å². The van der Waals surface area contributed by atoms with Crippen LogP contribution in [0.25, 0.3) is 10.2 Å². The van der Waals surface area contributed by atoms with Gasteiger partial charge in [0, 0.05) is 6.07 Å². The van der Waals surface area contributed by atoms with E-state index >= 15 is 0 Å². The minimum absolute atomic E-state index is 0.0251. The van der Waals surface area contributed by atoms with Gasteiger partial charge in [-0.1, -0.05) is 11.3 Å². The molecule has 0 fully saturated rings. The number of ether oxygens (including phenoxy) is 3. The maximum absolute atomic E-state index is 11.5. The van der Waals surface area contributed by atoms with Crippen LogP contribution in [0.3, 0.4) is 0 Å². The number of carbonyl (C=O) groups excluding carboxylic acids is 2. The van der Waals surface area contributed by atoms with Crippen LogP contribution in [0, 0.1) is 5.41 Å². The minimum Gasteiger partial charge on any atom is -0.452 e. The number of thiazole rings is 1. The number of rotatable bonds is 1. The lowest BCUT2D eigenvalue weighted by Gasteiger charge is -2.03. The molecule has 0 aliphatic heterocycles. The van der Waals surface area contributed by atoms with Crippen LogP contribution in [0.1, 0.15) is 0 Å². The number of aromatic nitrogens is 1. The third-order valence-electron chi connectivity index (χ3n) is 2.31. The lowest BCUT2D eigenvalue weighted by atomic mass is 10.3. The van der Waals surface area contributed by atoms with Crippen molar-refractivity contribution in [3.05, 3.63) is 23.0 Å². The normalized spacial score (nSPS) is 10.2. The van der Waals surface area contributed by atoms with Crippen LogP contribution in [-0.2, 0) is 9.47 Å². The smallest absolute Gasteiger partial charge is 0.452 e.